The van der Waals surface area contributed by atoms with Crippen molar-refractivity contribution < 1.29 is 4.79 Å². The van der Waals surface area contributed by atoms with Crippen LogP contribution in [0.3, 0.4) is 0 Å². The van der Waals surface area contributed by atoms with Gasteiger partial charge in [-0.05, 0) is 44.2 Å². The van der Waals surface area contributed by atoms with E-state index in [0.717, 1.165) is 32.4 Å². The fourth-order valence-electron chi connectivity index (χ4n) is 4.86. The maximum absolute atomic E-state index is 12.6. The Morgan fingerprint density at radius 3 is 2.62 bits per heavy atom. The van der Waals surface area contributed by atoms with E-state index in [1.54, 1.807) is 0 Å². The van der Waals surface area contributed by atoms with Crippen LogP contribution < -0.4 is 16.2 Å². The number of likely N-dealkylation sites (tertiary alicyclic amines) is 1. The van der Waals surface area contributed by atoms with Crippen molar-refractivity contribution >= 4 is 5.91 Å². The van der Waals surface area contributed by atoms with Gasteiger partial charge in [0.25, 0.3) is 0 Å². The third-order valence-electron chi connectivity index (χ3n) is 6.31. The van der Waals surface area contributed by atoms with E-state index in [1.807, 2.05) is 0 Å². The van der Waals surface area contributed by atoms with E-state index in [-0.39, 0.29) is 11.9 Å². The normalized spacial score (nSPS) is 30.5. The molecule has 4 rings (SSSR count). The molecule has 0 radical (unpaired) electrons. The second-order valence-electron chi connectivity index (χ2n) is 8.19. The molecule has 2 heterocycles. The summed E-state index contributed by atoms with van der Waals surface area (Å²) < 4.78 is 0. The van der Waals surface area contributed by atoms with Gasteiger partial charge in [0.15, 0.2) is 0 Å². The Balaban J connectivity index is 1.34. The van der Waals surface area contributed by atoms with Crippen LogP contribution in [-0.2, 0) is 11.3 Å². The van der Waals surface area contributed by atoms with E-state index in [1.165, 1.54) is 37.7 Å². The number of amides is 1. The molecule has 3 N–H and O–H groups in total. The molecule has 1 aliphatic carbocycles. The molecule has 1 aromatic carbocycles. The highest BCUT2D eigenvalue weighted by atomic mass is 16.2. The van der Waals surface area contributed by atoms with Crippen molar-refractivity contribution in [3.8, 4) is 0 Å². The summed E-state index contributed by atoms with van der Waals surface area (Å²) in [6.45, 7) is 2.15. The summed E-state index contributed by atoms with van der Waals surface area (Å²) in [6, 6.07) is 11.9. The second kappa shape index (κ2) is 8.51. The van der Waals surface area contributed by atoms with Gasteiger partial charge >= 0.3 is 0 Å². The second-order valence-corrected chi connectivity index (χ2v) is 8.19. The summed E-state index contributed by atoms with van der Waals surface area (Å²) in [5.74, 6) is 0.178. The molecule has 3 fully saturated rings. The Morgan fingerprint density at radius 2 is 1.81 bits per heavy atom. The number of hydrazine groups is 1. The highest BCUT2D eigenvalue weighted by molar-refractivity contribution is 5.82. The van der Waals surface area contributed by atoms with Gasteiger partial charge in [-0.1, -0.05) is 49.6 Å². The summed E-state index contributed by atoms with van der Waals surface area (Å²) in [5.41, 5.74) is 8.09. The molecule has 2 saturated heterocycles. The predicted molar refractivity (Wildman–Crippen MR) is 103 cm³/mol. The van der Waals surface area contributed by atoms with Crippen LogP contribution in [0.2, 0.25) is 0 Å². The van der Waals surface area contributed by atoms with Gasteiger partial charge in [-0.15, -0.1) is 0 Å². The van der Waals surface area contributed by atoms with Crippen molar-refractivity contribution in [3.63, 3.8) is 0 Å². The maximum Gasteiger partial charge on any atom is 0.238 e. The van der Waals surface area contributed by atoms with Crippen LogP contribution in [0, 0.1) is 0 Å². The molecule has 142 valence electrons. The number of nitrogens with zero attached hydrogens (tertiary/aromatic N) is 1. The Bertz CT molecular complexity index is 587. The first-order valence-corrected chi connectivity index (χ1v) is 10.4. The molecule has 5 nitrogen and oxygen atoms in total. The molecular weight excluding hydrogens is 324 g/mol. The van der Waals surface area contributed by atoms with Crippen molar-refractivity contribution in [3.05, 3.63) is 35.9 Å². The van der Waals surface area contributed by atoms with Gasteiger partial charge in [-0.2, -0.15) is 0 Å². The first-order valence-electron chi connectivity index (χ1n) is 10.4. The third-order valence-corrected chi connectivity index (χ3v) is 6.31. The molecule has 0 bridgehead atoms. The van der Waals surface area contributed by atoms with Crippen molar-refractivity contribution in [2.45, 2.75) is 82.1 Å². The van der Waals surface area contributed by atoms with E-state index in [2.05, 4.69) is 51.4 Å². The zero-order chi connectivity index (χ0) is 17.8. The number of nitrogens with one attached hydrogen (secondary N) is 3. The van der Waals surface area contributed by atoms with Gasteiger partial charge < -0.3 is 5.32 Å². The Kier molecular flexibility index (Phi) is 5.88. The summed E-state index contributed by atoms with van der Waals surface area (Å²) >= 11 is 0. The lowest BCUT2D eigenvalue weighted by Gasteiger charge is -2.39. The quantitative estimate of drug-likeness (QED) is 0.758. The molecule has 1 saturated carbocycles. The minimum absolute atomic E-state index is 0.0962. The number of benzene rings is 1. The molecular formula is C21H32N4O. The molecule has 3 aliphatic rings. The van der Waals surface area contributed by atoms with E-state index in [4.69, 9.17) is 0 Å². The lowest BCUT2D eigenvalue weighted by molar-refractivity contribution is -0.123. The van der Waals surface area contributed by atoms with E-state index in [9.17, 15) is 4.79 Å². The number of rotatable bonds is 5. The van der Waals surface area contributed by atoms with Crippen molar-refractivity contribution in [1.29, 1.82) is 0 Å². The zero-order valence-electron chi connectivity index (χ0n) is 15.6. The van der Waals surface area contributed by atoms with Crippen molar-refractivity contribution in [1.82, 2.24) is 21.1 Å². The van der Waals surface area contributed by atoms with Crippen LogP contribution in [0.1, 0.15) is 56.9 Å². The lowest BCUT2D eigenvalue weighted by atomic mass is 9.92. The van der Waals surface area contributed by atoms with E-state index in [0.29, 0.717) is 18.1 Å². The molecule has 2 aliphatic heterocycles. The number of piperidine rings is 1. The van der Waals surface area contributed by atoms with Gasteiger partial charge in [0.05, 0.1) is 0 Å². The van der Waals surface area contributed by atoms with E-state index >= 15 is 0 Å². The largest absolute Gasteiger partial charge is 0.352 e. The summed E-state index contributed by atoms with van der Waals surface area (Å²) in [5, 5.41) is 3.24. The average molecular weight is 357 g/mol. The molecule has 3 atom stereocenters. The highest BCUT2D eigenvalue weighted by Crippen LogP contribution is 2.26. The van der Waals surface area contributed by atoms with Gasteiger partial charge in [0.2, 0.25) is 5.91 Å². The highest BCUT2D eigenvalue weighted by Gasteiger charge is 2.38. The van der Waals surface area contributed by atoms with Crippen LogP contribution >= 0.6 is 0 Å². The summed E-state index contributed by atoms with van der Waals surface area (Å²) in [7, 11) is 0. The molecule has 0 spiro atoms. The van der Waals surface area contributed by atoms with Gasteiger partial charge in [-0.3, -0.25) is 15.1 Å². The monoisotopic (exact) mass is 356 g/mol. The van der Waals surface area contributed by atoms with E-state index < -0.39 is 0 Å². The Morgan fingerprint density at radius 1 is 1.04 bits per heavy atom. The molecule has 1 amide bonds. The molecule has 0 aromatic heterocycles. The molecule has 3 unspecified atom stereocenters. The Labute approximate surface area is 156 Å². The van der Waals surface area contributed by atoms with Crippen LogP contribution in [0.5, 0.6) is 0 Å². The number of hydrogen-bond donors (Lipinski definition) is 3. The zero-order valence-corrected chi connectivity index (χ0v) is 15.6. The predicted octanol–water partition coefficient (Wildman–Crippen LogP) is 2.33. The van der Waals surface area contributed by atoms with Crippen molar-refractivity contribution in [2.24, 2.45) is 0 Å². The Hall–Kier alpha value is -1.43. The maximum atomic E-state index is 12.6. The third kappa shape index (κ3) is 4.27. The summed E-state index contributed by atoms with van der Waals surface area (Å²) in [6.07, 6.45) is 9.44. The molecule has 5 heteroatoms. The minimum Gasteiger partial charge on any atom is -0.352 e. The number of carbonyl (C=O) groups is 1. The van der Waals surface area contributed by atoms with Gasteiger partial charge in [0, 0.05) is 24.7 Å². The van der Waals surface area contributed by atoms with Crippen LogP contribution in [0.4, 0.5) is 0 Å². The van der Waals surface area contributed by atoms with Gasteiger partial charge in [-0.25, -0.2) is 5.43 Å². The van der Waals surface area contributed by atoms with Gasteiger partial charge in [0.1, 0.15) is 6.04 Å². The van der Waals surface area contributed by atoms with Crippen molar-refractivity contribution in [2.75, 3.05) is 6.54 Å². The molecule has 26 heavy (non-hydrogen) atoms. The number of hydrogen-bond acceptors (Lipinski definition) is 4. The lowest BCUT2D eigenvalue weighted by Crippen LogP contribution is -2.51. The summed E-state index contributed by atoms with van der Waals surface area (Å²) in [4.78, 5) is 15.2. The SMILES string of the molecule is O=C(NC1CCCC1)C1CC(C2CCCCN2Cc2ccccc2)NN1. The van der Waals surface area contributed by atoms with Crippen LogP contribution in [0.25, 0.3) is 0 Å². The minimum atomic E-state index is -0.0962. The smallest absolute Gasteiger partial charge is 0.238 e. The first kappa shape index (κ1) is 18.0. The molecule has 1 aromatic rings. The van der Waals surface area contributed by atoms with Crippen LogP contribution in [0.15, 0.2) is 30.3 Å². The standard InChI is InChI=1S/C21H32N4O/c26-21(22-17-10-4-5-11-17)19-14-18(23-24-19)20-12-6-7-13-25(20)15-16-8-2-1-3-9-16/h1-3,8-9,17-20,23-24H,4-7,10-15H2,(H,22,26). The average Bonchev–Trinajstić information content (AvgIpc) is 3.35. The fourth-order valence-corrected chi connectivity index (χ4v) is 4.86. The first-order chi connectivity index (χ1) is 12.8. The van der Waals surface area contributed by atoms with Crippen LogP contribution in [-0.4, -0.2) is 41.5 Å². The number of carbonyl (C=O) groups excluding carboxylic acids is 1. The fraction of sp³-hybridized carbons (Fsp3) is 0.667. The topological polar surface area (TPSA) is 56.4 Å².